The summed E-state index contributed by atoms with van der Waals surface area (Å²) in [6.45, 7) is 0. The second kappa shape index (κ2) is 2.95. The van der Waals surface area contributed by atoms with Crippen LogP contribution in [0.3, 0.4) is 0 Å². The van der Waals surface area contributed by atoms with E-state index in [-0.39, 0.29) is 0 Å². The molecule has 0 N–H and O–H groups in total. The van der Waals surface area contributed by atoms with Crippen molar-refractivity contribution in [1.82, 2.24) is 9.38 Å². The topological polar surface area (TPSA) is 17.3 Å². The Kier molecular flexibility index (Phi) is 1.74. The number of allylic oxidation sites excluding steroid dienone is 1. The summed E-state index contributed by atoms with van der Waals surface area (Å²) in [6, 6.07) is 6.11. The minimum atomic E-state index is 1.04. The van der Waals surface area contributed by atoms with Crippen molar-refractivity contribution in [2.75, 3.05) is 0 Å². The molecule has 0 fully saturated rings. The molecule has 0 atom stereocenters. The van der Waals surface area contributed by atoms with E-state index in [4.69, 9.17) is 0 Å². The summed E-state index contributed by atoms with van der Waals surface area (Å²) in [7, 11) is 0. The Hall–Kier alpha value is -1.09. The molecule has 3 rings (SSSR count). The average molecular weight is 249 g/mol. The predicted octanol–water partition coefficient (Wildman–Crippen LogP) is 3.02. The van der Waals surface area contributed by atoms with Gasteiger partial charge in [0.15, 0.2) is 0 Å². The summed E-state index contributed by atoms with van der Waals surface area (Å²) in [5.74, 6) is 0. The molecule has 0 saturated heterocycles. The number of aromatic nitrogens is 2. The molecule has 3 heteroatoms. The van der Waals surface area contributed by atoms with E-state index in [9.17, 15) is 0 Å². The van der Waals surface area contributed by atoms with Crippen molar-refractivity contribution in [3.8, 4) is 0 Å². The Morgan fingerprint density at radius 3 is 3.14 bits per heavy atom. The Labute approximate surface area is 90.4 Å². The molecule has 0 saturated carbocycles. The van der Waals surface area contributed by atoms with Gasteiger partial charge in [0, 0.05) is 6.20 Å². The molecule has 2 heterocycles. The second-order valence-corrected chi connectivity index (χ2v) is 4.48. The summed E-state index contributed by atoms with van der Waals surface area (Å²) in [4.78, 5) is 4.56. The standard InChI is InChI=1S/C11H9BrN2/c12-8-4-5-10-9(7-8)13-11-3-1-2-6-14(10)11/h1-3,6-7H,4-5H2. The lowest BCUT2D eigenvalue weighted by atomic mass is 10.1. The van der Waals surface area contributed by atoms with Crippen LogP contribution in [0.1, 0.15) is 17.8 Å². The zero-order valence-corrected chi connectivity index (χ0v) is 9.16. The van der Waals surface area contributed by atoms with Crippen LogP contribution in [0.4, 0.5) is 0 Å². The highest BCUT2D eigenvalue weighted by atomic mass is 79.9. The van der Waals surface area contributed by atoms with E-state index < -0.39 is 0 Å². The number of halogens is 1. The molecule has 0 radical (unpaired) electrons. The number of aryl methyl sites for hydroxylation is 1. The molecule has 2 nitrogen and oxygen atoms in total. The van der Waals surface area contributed by atoms with Crippen LogP contribution in [0, 0.1) is 0 Å². The number of pyridine rings is 1. The molecule has 1 aliphatic rings. The zero-order valence-electron chi connectivity index (χ0n) is 7.57. The van der Waals surface area contributed by atoms with Crippen LogP contribution in [0.25, 0.3) is 11.7 Å². The molecule has 2 aromatic rings. The van der Waals surface area contributed by atoms with Crippen molar-refractivity contribution in [3.05, 3.63) is 40.3 Å². The monoisotopic (exact) mass is 248 g/mol. The molecule has 1 aliphatic carbocycles. The molecule has 70 valence electrons. The molecular weight excluding hydrogens is 240 g/mol. The molecule has 2 aromatic heterocycles. The van der Waals surface area contributed by atoms with Gasteiger partial charge in [-0.25, -0.2) is 4.98 Å². The lowest BCUT2D eigenvalue weighted by Crippen LogP contribution is -1.98. The first-order valence-electron chi connectivity index (χ1n) is 4.66. The number of hydrogen-bond acceptors (Lipinski definition) is 1. The van der Waals surface area contributed by atoms with Crippen LogP contribution in [-0.2, 0) is 6.42 Å². The maximum Gasteiger partial charge on any atom is 0.137 e. The maximum absolute atomic E-state index is 4.56. The van der Waals surface area contributed by atoms with Gasteiger partial charge in [0.2, 0.25) is 0 Å². The van der Waals surface area contributed by atoms with Crippen LogP contribution in [-0.4, -0.2) is 9.38 Å². The molecule has 0 spiro atoms. The first-order valence-corrected chi connectivity index (χ1v) is 5.46. The van der Waals surface area contributed by atoms with Crippen molar-refractivity contribution in [1.29, 1.82) is 0 Å². The maximum atomic E-state index is 4.56. The molecular formula is C11H9BrN2. The highest BCUT2D eigenvalue weighted by Gasteiger charge is 2.14. The highest BCUT2D eigenvalue weighted by molar-refractivity contribution is 9.11. The number of rotatable bonds is 0. The van der Waals surface area contributed by atoms with Crippen molar-refractivity contribution < 1.29 is 0 Å². The number of hydrogen-bond donors (Lipinski definition) is 0. The summed E-state index contributed by atoms with van der Waals surface area (Å²) in [6.07, 6.45) is 6.34. The van der Waals surface area contributed by atoms with E-state index in [2.05, 4.69) is 37.6 Å². The Morgan fingerprint density at radius 2 is 2.21 bits per heavy atom. The van der Waals surface area contributed by atoms with Crippen LogP contribution in [0.5, 0.6) is 0 Å². The summed E-state index contributed by atoms with van der Waals surface area (Å²) < 4.78 is 3.42. The Balaban J connectivity index is 2.35. The zero-order chi connectivity index (χ0) is 9.54. The molecule has 0 aromatic carbocycles. The van der Waals surface area contributed by atoms with Gasteiger partial charge in [0.25, 0.3) is 0 Å². The van der Waals surface area contributed by atoms with Gasteiger partial charge in [-0.05, 0) is 35.5 Å². The van der Waals surface area contributed by atoms with Gasteiger partial charge in [-0.2, -0.15) is 0 Å². The third-order valence-electron chi connectivity index (χ3n) is 2.55. The summed E-state index contributed by atoms with van der Waals surface area (Å²) in [5, 5.41) is 0. The number of imidazole rings is 1. The molecule has 0 aliphatic heterocycles. The molecule has 0 unspecified atom stereocenters. The SMILES string of the molecule is BrC1=Cc2nc3ccccn3c2CC1. The van der Waals surface area contributed by atoms with Crippen molar-refractivity contribution in [3.63, 3.8) is 0 Å². The van der Waals surface area contributed by atoms with Gasteiger partial charge in [0.05, 0.1) is 11.4 Å². The quantitative estimate of drug-likeness (QED) is 0.701. The first-order chi connectivity index (χ1) is 6.84. The van der Waals surface area contributed by atoms with E-state index in [1.54, 1.807) is 0 Å². The fraction of sp³-hybridized carbons (Fsp3) is 0.182. The van der Waals surface area contributed by atoms with E-state index >= 15 is 0 Å². The highest BCUT2D eigenvalue weighted by Crippen LogP contribution is 2.27. The van der Waals surface area contributed by atoms with Gasteiger partial charge in [-0.1, -0.05) is 22.0 Å². The van der Waals surface area contributed by atoms with Gasteiger partial charge in [-0.3, -0.25) is 0 Å². The van der Waals surface area contributed by atoms with Crippen LogP contribution >= 0.6 is 15.9 Å². The van der Waals surface area contributed by atoms with Crippen LogP contribution in [0.15, 0.2) is 28.9 Å². The third-order valence-corrected chi connectivity index (χ3v) is 3.18. The number of fused-ring (bicyclic) bond motifs is 3. The summed E-state index contributed by atoms with van der Waals surface area (Å²) >= 11 is 3.53. The molecule has 0 bridgehead atoms. The van der Waals surface area contributed by atoms with Crippen molar-refractivity contribution >= 4 is 27.7 Å². The number of nitrogens with zero attached hydrogens (tertiary/aromatic N) is 2. The van der Waals surface area contributed by atoms with Gasteiger partial charge in [-0.15, -0.1) is 0 Å². The predicted molar refractivity (Wildman–Crippen MR) is 60.4 cm³/mol. The smallest absolute Gasteiger partial charge is 0.137 e. The van der Waals surface area contributed by atoms with E-state index in [1.165, 1.54) is 10.2 Å². The molecule has 14 heavy (non-hydrogen) atoms. The Bertz CT molecular complexity index is 525. The largest absolute Gasteiger partial charge is 0.303 e. The average Bonchev–Trinajstić information content (AvgIpc) is 2.54. The first kappa shape index (κ1) is 8.24. The normalized spacial score (nSPS) is 15.4. The van der Waals surface area contributed by atoms with Crippen molar-refractivity contribution in [2.24, 2.45) is 0 Å². The minimum absolute atomic E-state index is 1.04. The van der Waals surface area contributed by atoms with E-state index in [0.717, 1.165) is 24.2 Å². The summed E-state index contributed by atoms with van der Waals surface area (Å²) in [5.41, 5.74) is 3.47. The van der Waals surface area contributed by atoms with Gasteiger partial charge < -0.3 is 4.40 Å². The minimum Gasteiger partial charge on any atom is -0.303 e. The van der Waals surface area contributed by atoms with Crippen LogP contribution < -0.4 is 0 Å². The fourth-order valence-electron chi connectivity index (χ4n) is 1.89. The van der Waals surface area contributed by atoms with E-state index in [1.807, 2.05) is 18.2 Å². The van der Waals surface area contributed by atoms with Crippen molar-refractivity contribution in [2.45, 2.75) is 12.8 Å². The van der Waals surface area contributed by atoms with E-state index in [0.29, 0.717) is 0 Å². The second-order valence-electron chi connectivity index (χ2n) is 3.46. The lowest BCUT2D eigenvalue weighted by molar-refractivity contribution is 0.902. The van der Waals surface area contributed by atoms with Crippen LogP contribution in [0.2, 0.25) is 0 Å². The van der Waals surface area contributed by atoms with Gasteiger partial charge in [0.1, 0.15) is 5.65 Å². The molecule has 0 amide bonds. The fourth-order valence-corrected chi connectivity index (χ4v) is 2.30. The van der Waals surface area contributed by atoms with Gasteiger partial charge >= 0.3 is 0 Å². The lowest BCUT2D eigenvalue weighted by Gasteiger charge is -2.07. The third kappa shape index (κ3) is 1.12. The Morgan fingerprint density at radius 1 is 1.29 bits per heavy atom.